The van der Waals surface area contributed by atoms with Crippen molar-refractivity contribution in [1.82, 2.24) is 9.80 Å². The van der Waals surface area contributed by atoms with E-state index in [1.54, 1.807) is 4.90 Å². The van der Waals surface area contributed by atoms with E-state index in [0.717, 1.165) is 23.3 Å². The lowest BCUT2D eigenvalue weighted by Crippen LogP contribution is -2.69. The van der Waals surface area contributed by atoms with Crippen molar-refractivity contribution in [3.05, 3.63) is 64.6 Å². The van der Waals surface area contributed by atoms with Crippen LogP contribution in [-0.2, 0) is 6.54 Å². The van der Waals surface area contributed by atoms with Crippen LogP contribution in [0.4, 0.5) is 4.79 Å². The lowest BCUT2D eigenvalue weighted by molar-refractivity contribution is -0.0765. The van der Waals surface area contributed by atoms with Gasteiger partial charge in [-0.05, 0) is 46.0 Å². The quantitative estimate of drug-likeness (QED) is 0.550. The van der Waals surface area contributed by atoms with E-state index in [1.807, 2.05) is 49.4 Å². The Kier molecular flexibility index (Phi) is 7.32. The third-order valence-electron chi connectivity index (χ3n) is 6.31. The standard InChI is InChI=1S/C25H33BrN2O3/c1-19(31-22-13-9-8-12-21(22)26)16-25(24(2,3)4)18-27(14-15-28(25)23(29)30)17-20-10-6-5-7-11-20/h5-13,19H,14-18H2,1-4H3,(H,29,30)/t19?,25-/m1/s1. The normalized spacial score (nSPS) is 21.0. The van der Waals surface area contributed by atoms with Crippen LogP contribution >= 0.6 is 15.9 Å². The number of hydrogen-bond donors (Lipinski definition) is 1. The average molecular weight is 489 g/mol. The summed E-state index contributed by atoms with van der Waals surface area (Å²) in [5, 5.41) is 10.1. The van der Waals surface area contributed by atoms with Gasteiger partial charge in [-0.15, -0.1) is 0 Å². The third-order valence-corrected chi connectivity index (χ3v) is 6.96. The fourth-order valence-electron chi connectivity index (χ4n) is 4.64. The number of carboxylic acid groups (broad SMARTS) is 1. The number of benzene rings is 2. The van der Waals surface area contributed by atoms with E-state index in [1.165, 1.54) is 5.56 Å². The van der Waals surface area contributed by atoms with Crippen LogP contribution in [0.3, 0.4) is 0 Å². The Balaban J connectivity index is 1.88. The first-order valence-corrected chi connectivity index (χ1v) is 11.6. The zero-order valence-corrected chi connectivity index (χ0v) is 20.4. The second-order valence-corrected chi connectivity index (χ2v) is 10.3. The van der Waals surface area contributed by atoms with Gasteiger partial charge in [-0.2, -0.15) is 0 Å². The summed E-state index contributed by atoms with van der Waals surface area (Å²) in [4.78, 5) is 16.4. The second kappa shape index (κ2) is 9.61. The summed E-state index contributed by atoms with van der Waals surface area (Å²) >= 11 is 3.55. The molecule has 0 saturated carbocycles. The number of ether oxygens (including phenoxy) is 1. The molecule has 3 rings (SSSR count). The minimum atomic E-state index is -0.859. The van der Waals surface area contributed by atoms with Crippen LogP contribution in [0, 0.1) is 5.41 Å². The molecule has 1 amide bonds. The van der Waals surface area contributed by atoms with E-state index >= 15 is 0 Å². The van der Waals surface area contributed by atoms with Crippen molar-refractivity contribution < 1.29 is 14.6 Å². The topological polar surface area (TPSA) is 53.0 Å². The lowest BCUT2D eigenvalue weighted by Gasteiger charge is -2.57. The van der Waals surface area contributed by atoms with E-state index in [4.69, 9.17) is 4.74 Å². The molecule has 1 unspecified atom stereocenters. The largest absolute Gasteiger partial charge is 0.489 e. The smallest absolute Gasteiger partial charge is 0.407 e. The van der Waals surface area contributed by atoms with Crippen LogP contribution in [0.1, 0.15) is 39.7 Å². The monoisotopic (exact) mass is 488 g/mol. The van der Waals surface area contributed by atoms with Crippen molar-refractivity contribution in [2.24, 2.45) is 5.41 Å². The molecular formula is C25H33BrN2O3. The Morgan fingerprint density at radius 2 is 1.77 bits per heavy atom. The summed E-state index contributed by atoms with van der Waals surface area (Å²) < 4.78 is 7.16. The van der Waals surface area contributed by atoms with Crippen LogP contribution < -0.4 is 4.74 Å². The zero-order chi connectivity index (χ0) is 22.6. The Morgan fingerprint density at radius 3 is 2.39 bits per heavy atom. The minimum Gasteiger partial charge on any atom is -0.489 e. The van der Waals surface area contributed by atoms with Gasteiger partial charge in [0.05, 0.1) is 16.1 Å². The molecule has 1 saturated heterocycles. The van der Waals surface area contributed by atoms with Crippen molar-refractivity contribution in [2.75, 3.05) is 19.6 Å². The second-order valence-electron chi connectivity index (χ2n) is 9.48. The molecule has 0 bridgehead atoms. The fourth-order valence-corrected chi connectivity index (χ4v) is 5.02. The summed E-state index contributed by atoms with van der Waals surface area (Å²) in [5.74, 6) is 0.776. The van der Waals surface area contributed by atoms with Gasteiger partial charge in [-0.3, -0.25) is 9.80 Å². The van der Waals surface area contributed by atoms with Crippen molar-refractivity contribution in [2.45, 2.75) is 52.3 Å². The van der Waals surface area contributed by atoms with Gasteiger partial charge in [-0.1, -0.05) is 63.2 Å². The van der Waals surface area contributed by atoms with Crippen molar-refractivity contribution in [3.8, 4) is 5.75 Å². The molecule has 5 nitrogen and oxygen atoms in total. The Hall–Kier alpha value is -2.05. The third kappa shape index (κ3) is 5.42. The summed E-state index contributed by atoms with van der Waals surface area (Å²) in [6.07, 6.45) is -0.408. The molecule has 1 aliphatic rings. The van der Waals surface area contributed by atoms with Gasteiger partial charge in [0.2, 0.25) is 0 Å². The van der Waals surface area contributed by atoms with Gasteiger partial charge < -0.3 is 9.84 Å². The molecule has 2 atom stereocenters. The highest BCUT2D eigenvalue weighted by Gasteiger charge is 2.52. The predicted molar refractivity (Wildman–Crippen MR) is 127 cm³/mol. The average Bonchev–Trinajstić information content (AvgIpc) is 2.69. The highest BCUT2D eigenvalue weighted by Crippen LogP contribution is 2.43. The lowest BCUT2D eigenvalue weighted by atomic mass is 9.68. The number of para-hydroxylation sites is 1. The number of rotatable bonds is 6. The molecule has 0 aromatic heterocycles. The van der Waals surface area contributed by atoms with Crippen molar-refractivity contribution in [1.29, 1.82) is 0 Å². The maximum atomic E-state index is 12.3. The molecule has 1 N–H and O–H groups in total. The molecule has 0 aliphatic carbocycles. The maximum Gasteiger partial charge on any atom is 0.407 e. The summed E-state index contributed by atoms with van der Waals surface area (Å²) in [6.45, 7) is 11.1. The van der Waals surface area contributed by atoms with Crippen molar-refractivity contribution in [3.63, 3.8) is 0 Å². The van der Waals surface area contributed by atoms with Crippen LogP contribution in [0.15, 0.2) is 59.1 Å². The maximum absolute atomic E-state index is 12.3. The number of hydrogen-bond acceptors (Lipinski definition) is 3. The van der Waals surface area contributed by atoms with E-state index in [9.17, 15) is 9.90 Å². The van der Waals surface area contributed by atoms with Crippen LogP contribution in [0.25, 0.3) is 0 Å². The van der Waals surface area contributed by atoms with E-state index in [-0.39, 0.29) is 11.5 Å². The first kappa shape index (κ1) is 23.6. The van der Waals surface area contributed by atoms with Gasteiger partial charge in [0.25, 0.3) is 0 Å². The van der Waals surface area contributed by atoms with Crippen LogP contribution in [-0.4, -0.2) is 52.3 Å². The molecule has 0 spiro atoms. The molecule has 2 aromatic rings. The molecule has 1 fully saturated rings. The van der Waals surface area contributed by atoms with Crippen molar-refractivity contribution >= 4 is 22.0 Å². The van der Waals surface area contributed by atoms with E-state index in [0.29, 0.717) is 19.5 Å². The van der Waals surface area contributed by atoms with Gasteiger partial charge in [-0.25, -0.2) is 4.79 Å². The fraction of sp³-hybridized carbons (Fsp3) is 0.480. The Bertz CT molecular complexity index is 884. The molecule has 2 aromatic carbocycles. The Labute approximate surface area is 194 Å². The SMILES string of the molecule is CC(C[C@]1(C(C)(C)C)CN(Cc2ccccc2)CCN1C(=O)O)Oc1ccccc1Br. The van der Waals surface area contributed by atoms with Crippen LogP contribution in [0.2, 0.25) is 0 Å². The zero-order valence-electron chi connectivity index (χ0n) is 18.8. The molecule has 0 radical (unpaired) electrons. The van der Waals surface area contributed by atoms with Gasteiger partial charge in [0.1, 0.15) is 5.75 Å². The molecule has 1 aliphatic heterocycles. The molecule has 6 heteroatoms. The number of halogens is 1. The molecular weight excluding hydrogens is 456 g/mol. The predicted octanol–water partition coefficient (Wildman–Crippen LogP) is 5.89. The van der Waals surface area contributed by atoms with Gasteiger partial charge in [0.15, 0.2) is 0 Å². The summed E-state index contributed by atoms with van der Waals surface area (Å²) in [6, 6.07) is 18.1. The van der Waals surface area contributed by atoms with Gasteiger partial charge >= 0.3 is 6.09 Å². The number of amides is 1. The first-order valence-electron chi connectivity index (χ1n) is 10.8. The highest BCUT2D eigenvalue weighted by molar-refractivity contribution is 9.10. The highest BCUT2D eigenvalue weighted by atomic mass is 79.9. The first-order chi connectivity index (χ1) is 14.6. The Morgan fingerprint density at radius 1 is 1.13 bits per heavy atom. The molecule has 1 heterocycles. The number of nitrogens with zero attached hydrogens (tertiary/aromatic N) is 2. The number of carbonyl (C=O) groups is 1. The van der Waals surface area contributed by atoms with E-state index in [2.05, 4.69) is 53.7 Å². The summed E-state index contributed by atoms with van der Waals surface area (Å²) in [7, 11) is 0. The minimum absolute atomic E-state index is 0.156. The summed E-state index contributed by atoms with van der Waals surface area (Å²) in [5.41, 5.74) is 0.394. The van der Waals surface area contributed by atoms with E-state index < -0.39 is 11.6 Å². The molecule has 168 valence electrons. The van der Waals surface area contributed by atoms with Crippen LogP contribution in [0.5, 0.6) is 5.75 Å². The van der Waals surface area contributed by atoms with Gasteiger partial charge in [0, 0.05) is 32.6 Å². The molecule has 31 heavy (non-hydrogen) atoms. The number of piperazine rings is 1.